The Morgan fingerprint density at radius 3 is 2.74 bits per heavy atom. The van der Waals surface area contributed by atoms with Gasteiger partial charge in [0.25, 0.3) is 5.91 Å². The number of halogens is 1. The first kappa shape index (κ1) is 18.9. The van der Waals surface area contributed by atoms with Crippen LogP contribution in [0.15, 0.2) is 24.3 Å². The summed E-state index contributed by atoms with van der Waals surface area (Å²) in [5.74, 6) is -0.395. The van der Waals surface area contributed by atoms with E-state index >= 15 is 0 Å². The number of aromatic amines is 1. The monoisotopic (exact) mass is 339 g/mol. The Hall–Kier alpha value is -2.12. The number of hydrogen-bond donors (Lipinski definition) is 4. The Morgan fingerprint density at radius 2 is 2.00 bits per heavy atom. The zero-order chi connectivity index (χ0) is 15.9. The van der Waals surface area contributed by atoms with Crippen molar-refractivity contribution >= 4 is 35.1 Å². The molecule has 126 valence electrons. The van der Waals surface area contributed by atoms with Crippen molar-refractivity contribution in [3.8, 4) is 0 Å². The van der Waals surface area contributed by atoms with Gasteiger partial charge in [-0.1, -0.05) is 18.2 Å². The maximum atomic E-state index is 12.1. The number of rotatable bonds is 7. The second-order valence-electron chi connectivity index (χ2n) is 5.24. The zero-order valence-electron chi connectivity index (χ0n) is 13.0. The Morgan fingerprint density at radius 1 is 1.26 bits per heavy atom. The van der Waals surface area contributed by atoms with Crippen LogP contribution in [0.4, 0.5) is 0 Å². The van der Waals surface area contributed by atoms with Gasteiger partial charge in [-0.15, -0.1) is 12.4 Å². The molecule has 2 aromatic rings. The third-order valence-electron chi connectivity index (χ3n) is 3.24. The number of H-pyrrole nitrogens is 1. The number of carbonyl (C=O) groups excluding carboxylic acids is 2. The highest BCUT2D eigenvalue weighted by Crippen LogP contribution is 2.14. The second kappa shape index (κ2) is 9.12. The second-order valence-corrected chi connectivity index (χ2v) is 5.24. The molecule has 1 aromatic carbocycles. The summed E-state index contributed by atoms with van der Waals surface area (Å²) in [6.07, 6.45) is 0.963. The third-order valence-corrected chi connectivity index (χ3v) is 3.24. The maximum absolute atomic E-state index is 12.1. The van der Waals surface area contributed by atoms with Gasteiger partial charge in [-0.05, 0) is 19.4 Å². The number of hydrogen-bond acceptors (Lipinski definition) is 4. The smallest absolute Gasteiger partial charge is 0.272 e. The molecular weight excluding hydrogens is 318 g/mol. The Bertz CT molecular complexity index is 656. The van der Waals surface area contributed by atoms with Crippen LogP contribution >= 0.6 is 12.4 Å². The molecule has 1 aromatic heterocycles. The van der Waals surface area contributed by atoms with Crippen molar-refractivity contribution in [2.24, 2.45) is 5.73 Å². The summed E-state index contributed by atoms with van der Waals surface area (Å²) >= 11 is 0. The van der Waals surface area contributed by atoms with E-state index in [9.17, 15) is 9.59 Å². The predicted octanol–water partition coefficient (Wildman–Crippen LogP) is 0.958. The van der Waals surface area contributed by atoms with Crippen LogP contribution < -0.4 is 16.4 Å². The lowest BCUT2D eigenvalue weighted by molar-refractivity contribution is -0.120. The number of fused-ring (bicyclic) bond motifs is 1. The summed E-state index contributed by atoms with van der Waals surface area (Å²) in [5, 5.41) is 13.0. The van der Waals surface area contributed by atoms with Crippen molar-refractivity contribution in [2.75, 3.05) is 13.1 Å². The molecule has 23 heavy (non-hydrogen) atoms. The standard InChI is InChI=1S/C15H21N5O2.ClH/c1-10(16)6-8-17-13(21)7-9-18-15(22)14-11-4-2-3-5-12(11)19-20-14;/h2-5,10H,6-9,16H2,1H3,(H,17,21)(H,18,22)(H,19,20);1H. The lowest BCUT2D eigenvalue weighted by Crippen LogP contribution is -2.33. The maximum Gasteiger partial charge on any atom is 0.272 e. The highest BCUT2D eigenvalue weighted by Gasteiger charge is 2.13. The summed E-state index contributed by atoms with van der Waals surface area (Å²) in [4.78, 5) is 23.6. The van der Waals surface area contributed by atoms with Crippen LogP contribution in [0.1, 0.15) is 30.3 Å². The summed E-state index contributed by atoms with van der Waals surface area (Å²) in [6, 6.07) is 7.46. The van der Waals surface area contributed by atoms with E-state index in [4.69, 9.17) is 5.73 Å². The molecule has 0 spiro atoms. The van der Waals surface area contributed by atoms with Crippen molar-refractivity contribution in [1.29, 1.82) is 0 Å². The SMILES string of the molecule is CC(N)CCNC(=O)CCNC(=O)c1n[nH]c2ccccc12.Cl. The van der Waals surface area contributed by atoms with Crippen molar-refractivity contribution in [3.63, 3.8) is 0 Å². The van der Waals surface area contributed by atoms with Gasteiger partial charge in [0.15, 0.2) is 5.69 Å². The van der Waals surface area contributed by atoms with Gasteiger partial charge in [-0.2, -0.15) is 5.10 Å². The lowest BCUT2D eigenvalue weighted by atomic mass is 10.2. The van der Waals surface area contributed by atoms with Crippen molar-refractivity contribution in [1.82, 2.24) is 20.8 Å². The Balaban J connectivity index is 0.00000264. The van der Waals surface area contributed by atoms with E-state index in [0.717, 1.165) is 17.3 Å². The van der Waals surface area contributed by atoms with Gasteiger partial charge < -0.3 is 16.4 Å². The highest BCUT2D eigenvalue weighted by atomic mass is 35.5. The van der Waals surface area contributed by atoms with E-state index < -0.39 is 0 Å². The van der Waals surface area contributed by atoms with E-state index in [1.165, 1.54) is 0 Å². The van der Waals surface area contributed by atoms with Crippen LogP contribution in [0, 0.1) is 0 Å². The average molecular weight is 340 g/mol. The molecule has 1 heterocycles. The molecule has 1 atom stereocenters. The molecular formula is C15H22ClN5O2. The largest absolute Gasteiger partial charge is 0.356 e. The topological polar surface area (TPSA) is 113 Å². The van der Waals surface area contributed by atoms with Crippen molar-refractivity contribution in [3.05, 3.63) is 30.0 Å². The molecule has 0 aliphatic carbocycles. The Labute approximate surface area is 140 Å². The van der Waals surface area contributed by atoms with E-state index in [1.807, 2.05) is 31.2 Å². The number of nitrogens with one attached hydrogen (secondary N) is 3. The summed E-state index contributed by atoms with van der Waals surface area (Å²) in [5.41, 5.74) is 6.75. The van der Waals surface area contributed by atoms with E-state index in [-0.39, 0.29) is 43.2 Å². The summed E-state index contributed by atoms with van der Waals surface area (Å²) in [7, 11) is 0. The summed E-state index contributed by atoms with van der Waals surface area (Å²) < 4.78 is 0. The number of carbonyl (C=O) groups is 2. The van der Waals surface area contributed by atoms with Crippen LogP contribution in [-0.2, 0) is 4.79 Å². The van der Waals surface area contributed by atoms with E-state index in [0.29, 0.717) is 12.2 Å². The van der Waals surface area contributed by atoms with Crippen LogP contribution in [0.5, 0.6) is 0 Å². The minimum atomic E-state index is -0.291. The number of nitrogens with zero attached hydrogens (tertiary/aromatic N) is 1. The Kier molecular flexibility index (Phi) is 7.50. The quantitative estimate of drug-likeness (QED) is 0.601. The molecule has 8 heteroatoms. The minimum absolute atomic E-state index is 0. The highest BCUT2D eigenvalue weighted by molar-refractivity contribution is 6.04. The van der Waals surface area contributed by atoms with Crippen LogP contribution in [-0.4, -0.2) is 41.1 Å². The van der Waals surface area contributed by atoms with Gasteiger partial charge in [0.2, 0.25) is 5.91 Å². The summed E-state index contributed by atoms with van der Waals surface area (Å²) in [6.45, 7) is 2.71. The molecule has 0 saturated heterocycles. The normalized spacial score (nSPS) is 11.6. The predicted molar refractivity (Wildman–Crippen MR) is 91.6 cm³/mol. The number of para-hydroxylation sites is 1. The molecule has 0 aliphatic heterocycles. The molecule has 1 unspecified atom stereocenters. The van der Waals surface area contributed by atoms with Gasteiger partial charge in [0, 0.05) is 30.9 Å². The van der Waals surface area contributed by atoms with Crippen molar-refractivity contribution < 1.29 is 9.59 Å². The number of aromatic nitrogens is 2. The molecule has 2 amide bonds. The fourth-order valence-electron chi connectivity index (χ4n) is 2.04. The number of nitrogens with two attached hydrogens (primary N) is 1. The molecule has 7 nitrogen and oxygen atoms in total. The fourth-order valence-corrected chi connectivity index (χ4v) is 2.04. The number of amides is 2. The van der Waals surface area contributed by atoms with E-state index in [2.05, 4.69) is 20.8 Å². The zero-order valence-corrected chi connectivity index (χ0v) is 13.8. The van der Waals surface area contributed by atoms with Crippen LogP contribution in [0.3, 0.4) is 0 Å². The minimum Gasteiger partial charge on any atom is -0.356 e. The first-order valence-corrected chi connectivity index (χ1v) is 7.31. The molecule has 5 N–H and O–H groups in total. The van der Waals surface area contributed by atoms with Gasteiger partial charge in [-0.25, -0.2) is 0 Å². The molecule has 0 fully saturated rings. The van der Waals surface area contributed by atoms with E-state index in [1.54, 1.807) is 0 Å². The van der Waals surface area contributed by atoms with Gasteiger partial charge >= 0.3 is 0 Å². The molecule has 0 radical (unpaired) electrons. The van der Waals surface area contributed by atoms with Gasteiger partial charge in [-0.3, -0.25) is 14.7 Å². The van der Waals surface area contributed by atoms with Crippen LogP contribution in [0.2, 0.25) is 0 Å². The lowest BCUT2D eigenvalue weighted by Gasteiger charge is -2.07. The molecule has 2 rings (SSSR count). The molecule has 0 bridgehead atoms. The number of benzene rings is 1. The van der Waals surface area contributed by atoms with Crippen LogP contribution in [0.25, 0.3) is 10.9 Å². The average Bonchev–Trinajstić information content (AvgIpc) is 2.90. The molecule has 0 saturated carbocycles. The van der Waals surface area contributed by atoms with Crippen molar-refractivity contribution in [2.45, 2.75) is 25.8 Å². The van der Waals surface area contributed by atoms with Gasteiger partial charge in [0.1, 0.15) is 0 Å². The fraction of sp³-hybridized carbons (Fsp3) is 0.400. The first-order chi connectivity index (χ1) is 10.6. The van der Waals surface area contributed by atoms with Gasteiger partial charge in [0.05, 0.1) is 5.52 Å². The third kappa shape index (κ3) is 5.54. The first-order valence-electron chi connectivity index (χ1n) is 7.31. The molecule has 0 aliphatic rings.